The second-order valence-corrected chi connectivity index (χ2v) is 8.18. The van der Waals surface area contributed by atoms with E-state index in [2.05, 4.69) is 63.2 Å². The summed E-state index contributed by atoms with van der Waals surface area (Å²) in [6.07, 6.45) is -0.139. The molecule has 2 unspecified atom stereocenters. The molecule has 0 fully saturated rings. The van der Waals surface area contributed by atoms with E-state index < -0.39 is 0 Å². The summed E-state index contributed by atoms with van der Waals surface area (Å²) in [7, 11) is 0. The van der Waals surface area contributed by atoms with Crippen molar-refractivity contribution in [2.75, 3.05) is 0 Å². The fourth-order valence-corrected chi connectivity index (χ4v) is 4.08. The van der Waals surface area contributed by atoms with E-state index in [1.807, 2.05) is 19.1 Å². The monoisotopic (exact) mass is 431 g/mol. The molecule has 2 atom stereocenters. The van der Waals surface area contributed by atoms with Crippen LogP contribution in [0.15, 0.2) is 38.6 Å². The highest BCUT2D eigenvalue weighted by atomic mass is 79.9. The molecule has 2 aromatic rings. The predicted octanol–water partition coefficient (Wildman–Crippen LogP) is 5.86. The maximum atomic E-state index is 6.27. The van der Waals surface area contributed by atoms with Crippen molar-refractivity contribution in [2.24, 2.45) is 5.73 Å². The first-order chi connectivity index (χ1) is 9.88. The average Bonchev–Trinajstić information content (AvgIpc) is 2.83. The van der Waals surface area contributed by atoms with Crippen molar-refractivity contribution in [1.29, 1.82) is 0 Å². The van der Waals surface area contributed by atoms with Gasteiger partial charge in [0.15, 0.2) is 0 Å². The van der Waals surface area contributed by atoms with Crippen LogP contribution in [-0.4, -0.2) is 6.04 Å². The summed E-state index contributed by atoms with van der Waals surface area (Å²) in [4.78, 5) is 1.13. The number of benzene rings is 1. The first kappa shape index (κ1) is 17.0. The van der Waals surface area contributed by atoms with Crippen LogP contribution in [0.1, 0.15) is 43.2 Å². The molecule has 1 heterocycles. The van der Waals surface area contributed by atoms with Crippen molar-refractivity contribution >= 4 is 43.2 Å². The van der Waals surface area contributed by atoms with E-state index in [0.717, 1.165) is 19.6 Å². The van der Waals surface area contributed by atoms with Gasteiger partial charge in [-0.15, -0.1) is 11.3 Å². The zero-order valence-electron chi connectivity index (χ0n) is 12.3. The zero-order chi connectivity index (χ0) is 15.6. The Labute approximate surface area is 147 Å². The van der Waals surface area contributed by atoms with Crippen molar-refractivity contribution in [3.63, 3.8) is 0 Å². The van der Waals surface area contributed by atoms with Gasteiger partial charge >= 0.3 is 0 Å². The lowest BCUT2D eigenvalue weighted by molar-refractivity contribution is 0.181. The van der Waals surface area contributed by atoms with Crippen LogP contribution in [0.5, 0.6) is 5.75 Å². The fraction of sp³-hybridized carbons (Fsp3) is 0.375. The van der Waals surface area contributed by atoms with E-state index in [1.54, 1.807) is 11.3 Å². The minimum absolute atomic E-state index is 0.0841. The lowest BCUT2D eigenvalue weighted by Gasteiger charge is -2.24. The summed E-state index contributed by atoms with van der Waals surface area (Å²) < 4.78 is 8.40. The molecule has 0 radical (unpaired) electrons. The van der Waals surface area contributed by atoms with Crippen LogP contribution in [0.25, 0.3) is 0 Å². The van der Waals surface area contributed by atoms with Crippen LogP contribution >= 0.6 is 43.2 Å². The summed E-state index contributed by atoms with van der Waals surface area (Å²) in [6.45, 7) is 6.31. The minimum Gasteiger partial charge on any atom is -0.483 e. The normalized spacial score (nSPS) is 14.2. The Bertz CT molecular complexity index is 610. The van der Waals surface area contributed by atoms with Gasteiger partial charge in [0.05, 0.1) is 0 Å². The second kappa shape index (κ2) is 7.27. The highest BCUT2D eigenvalue weighted by molar-refractivity contribution is 9.10. The summed E-state index contributed by atoms with van der Waals surface area (Å²) in [6, 6.07) is 8.12. The molecule has 0 saturated heterocycles. The Morgan fingerprint density at radius 1 is 1.10 bits per heavy atom. The number of rotatable bonds is 5. The van der Waals surface area contributed by atoms with Gasteiger partial charge in [-0.05, 0) is 58.6 Å². The smallest absolute Gasteiger partial charge is 0.148 e. The molecule has 5 heteroatoms. The predicted molar refractivity (Wildman–Crippen MR) is 97.3 cm³/mol. The molecule has 0 amide bonds. The first-order valence-electron chi connectivity index (χ1n) is 6.84. The van der Waals surface area contributed by atoms with E-state index >= 15 is 0 Å². The Morgan fingerprint density at radius 2 is 1.81 bits per heavy atom. The summed E-state index contributed by atoms with van der Waals surface area (Å²) in [5.74, 6) is 1.29. The number of halogens is 2. The molecular weight excluding hydrogens is 414 g/mol. The second-order valence-electron chi connectivity index (χ2n) is 5.40. The third-order valence-corrected chi connectivity index (χ3v) is 5.44. The third-order valence-electron chi connectivity index (χ3n) is 3.19. The Balaban J connectivity index is 2.33. The van der Waals surface area contributed by atoms with Gasteiger partial charge in [0.2, 0.25) is 0 Å². The summed E-state index contributed by atoms with van der Waals surface area (Å²) in [5, 5.41) is 2.05. The number of thiophene rings is 1. The largest absolute Gasteiger partial charge is 0.483 e. The molecule has 1 aromatic carbocycles. The molecule has 21 heavy (non-hydrogen) atoms. The maximum absolute atomic E-state index is 6.27. The number of hydrogen-bond acceptors (Lipinski definition) is 3. The molecule has 114 valence electrons. The number of hydrogen-bond donors (Lipinski definition) is 1. The highest BCUT2D eigenvalue weighted by Gasteiger charge is 2.22. The third kappa shape index (κ3) is 4.31. The lowest BCUT2D eigenvalue weighted by Crippen LogP contribution is -2.28. The summed E-state index contributed by atoms with van der Waals surface area (Å²) >= 11 is 8.68. The number of nitrogens with two attached hydrogens (primary N) is 1. The molecule has 1 aromatic heterocycles. The summed E-state index contributed by atoms with van der Waals surface area (Å²) in [5.41, 5.74) is 7.32. The van der Waals surface area contributed by atoms with Crippen LogP contribution in [0.3, 0.4) is 0 Å². The van der Waals surface area contributed by atoms with Crippen LogP contribution in [0, 0.1) is 0 Å². The minimum atomic E-state index is -0.139. The van der Waals surface area contributed by atoms with Crippen LogP contribution in [0.2, 0.25) is 0 Å². The number of ether oxygens (including phenoxy) is 1. The fourth-order valence-electron chi connectivity index (χ4n) is 2.12. The Kier molecular flexibility index (Phi) is 5.88. The molecule has 0 aliphatic carbocycles. The van der Waals surface area contributed by atoms with Crippen molar-refractivity contribution in [2.45, 2.75) is 38.8 Å². The molecular formula is C16H19Br2NOS. The molecule has 0 aliphatic heterocycles. The van der Waals surface area contributed by atoms with E-state index in [9.17, 15) is 0 Å². The van der Waals surface area contributed by atoms with E-state index in [0.29, 0.717) is 5.92 Å². The molecule has 2 rings (SSSR count). The molecule has 0 bridgehead atoms. The van der Waals surface area contributed by atoms with Gasteiger partial charge in [-0.2, -0.15) is 0 Å². The average molecular weight is 433 g/mol. The SMILES string of the molecule is CC(C)c1cc(Br)ccc1OC(c1cc(Br)cs1)C(C)N. The van der Waals surface area contributed by atoms with Gasteiger partial charge in [-0.1, -0.05) is 29.8 Å². The van der Waals surface area contributed by atoms with E-state index in [1.165, 1.54) is 5.56 Å². The van der Waals surface area contributed by atoms with Gasteiger partial charge < -0.3 is 10.5 Å². The van der Waals surface area contributed by atoms with Crippen molar-refractivity contribution in [3.05, 3.63) is 49.0 Å². The van der Waals surface area contributed by atoms with Gasteiger partial charge in [0, 0.05) is 25.2 Å². The van der Waals surface area contributed by atoms with Crippen molar-refractivity contribution in [3.8, 4) is 5.75 Å². The van der Waals surface area contributed by atoms with E-state index in [4.69, 9.17) is 10.5 Å². The molecule has 2 N–H and O–H groups in total. The van der Waals surface area contributed by atoms with Crippen LogP contribution < -0.4 is 10.5 Å². The zero-order valence-corrected chi connectivity index (χ0v) is 16.3. The standard InChI is InChI=1S/C16H19Br2NOS/c1-9(2)13-6-11(17)4-5-14(13)20-16(10(3)19)15-7-12(18)8-21-15/h4-10,16H,19H2,1-3H3. The van der Waals surface area contributed by atoms with E-state index in [-0.39, 0.29) is 12.1 Å². The Hall–Kier alpha value is -0.360. The van der Waals surface area contributed by atoms with Gasteiger partial charge in [-0.25, -0.2) is 0 Å². The van der Waals surface area contributed by atoms with Crippen LogP contribution in [0.4, 0.5) is 0 Å². The lowest BCUT2D eigenvalue weighted by atomic mass is 10.0. The highest BCUT2D eigenvalue weighted by Crippen LogP contribution is 2.35. The quantitative estimate of drug-likeness (QED) is 0.641. The molecule has 2 nitrogen and oxygen atoms in total. The molecule has 0 saturated carbocycles. The molecule has 0 aliphatic rings. The molecule has 0 spiro atoms. The van der Waals surface area contributed by atoms with Crippen LogP contribution in [-0.2, 0) is 0 Å². The van der Waals surface area contributed by atoms with Gasteiger partial charge in [0.1, 0.15) is 11.9 Å². The Morgan fingerprint density at radius 3 is 2.33 bits per heavy atom. The van der Waals surface area contributed by atoms with Crippen molar-refractivity contribution in [1.82, 2.24) is 0 Å². The maximum Gasteiger partial charge on any atom is 0.148 e. The van der Waals surface area contributed by atoms with Gasteiger partial charge in [0.25, 0.3) is 0 Å². The van der Waals surface area contributed by atoms with Crippen molar-refractivity contribution < 1.29 is 4.74 Å². The topological polar surface area (TPSA) is 35.2 Å². The van der Waals surface area contributed by atoms with Gasteiger partial charge in [-0.3, -0.25) is 0 Å². The first-order valence-corrected chi connectivity index (χ1v) is 9.30.